The Morgan fingerprint density at radius 1 is 1.00 bits per heavy atom. The van der Waals surface area contributed by atoms with Crippen molar-refractivity contribution in [1.29, 1.82) is 0 Å². The maximum atomic E-state index is 11.8. The second-order valence-corrected chi connectivity index (χ2v) is 3.87. The molecule has 1 rings (SSSR count). The van der Waals surface area contributed by atoms with Gasteiger partial charge in [-0.3, -0.25) is 4.79 Å². The average molecular weight is 192 g/mol. The average Bonchev–Trinajstić information content (AvgIpc) is 2.54. The largest absolute Gasteiger partial charge is 0.289 e. The number of carbonyl (C=O) groups is 1. The molecule has 0 radical (unpaired) electrons. The summed E-state index contributed by atoms with van der Waals surface area (Å²) in [6.45, 7) is 4.29. The third-order valence-electron chi connectivity index (χ3n) is 2.61. The van der Waals surface area contributed by atoms with Gasteiger partial charge in [0.05, 0.1) is 0 Å². The summed E-state index contributed by atoms with van der Waals surface area (Å²) in [5.41, 5.74) is 2.10. The molecule has 0 aromatic carbocycles. The summed E-state index contributed by atoms with van der Waals surface area (Å²) < 4.78 is 0. The fourth-order valence-electron chi connectivity index (χ4n) is 1.73. The van der Waals surface area contributed by atoms with Crippen LogP contribution in [0, 0.1) is 0 Å². The van der Waals surface area contributed by atoms with Gasteiger partial charge in [0.2, 0.25) is 0 Å². The zero-order valence-electron chi connectivity index (χ0n) is 9.31. The van der Waals surface area contributed by atoms with Crippen molar-refractivity contribution in [2.45, 2.75) is 52.4 Å². The van der Waals surface area contributed by atoms with Gasteiger partial charge < -0.3 is 0 Å². The number of unbranched alkanes of at least 4 members (excludes halogenated alkanes) is 2. The molecule has 1 nitrogen and oxygen atoms in total. The van der Waals surface area contributed by atoms with Gasteiger partial charge in [-0.05, 0) is 36.8 Å². The molecule has 14 heavy (non-hydrogen) atoms. The quantitative estimate of drug-likeness (QED) is 0.619. The molecule has 1 heteroatoms. The normalized spacial score (nSPS) is 22.6. The van der Waals surface area contributed by atoms with Crippen molar-refractivity contribution in [3.05, 3.63) is 23.3 Å². The van der Waals surface area contributed by atoms with Gasteiger partial charge in [-0.15, -0.1) is 0 Å². The van der Waals surface area contributed by atoms with Gasteiger partial charge in [0, 0.05) is 0 Å². The number of hydrogen-bond donors (Lipinski definition) is 0. The number of allylic oxidation sites excluding steroid dienone is 4. The topological polar surface area (TPSA) is 17.1 Å². The van der Waals surface area contributed by atoms with Crippen molar-refractivity contribution in [3.63, 3.8) is 0 Å². The van der Waals surface area contributed by atoms with Crippen LogP contribution in [0.25, 0.3) is 0 Å². The molecule has 1 fully saturated rings. The van der Waals surface area contributed by atoms with E-state index in [0.29, 0.717) is 5.78 Å². The second kappa shape index (κ2) is 5.79. The van der Waals surface area contributed by atoms with Crippen LogP contribution < -0.4 is 0 Å². The van der Waals surface area contributed by atoms with E-state index >= 15 is 0 Å². The Morgan fingerprint density at radius 2 is 1.43 bits per heavy atom. The SMILES string of the molecule is CCCC=C1CCC(=CCCC)C1=O. The highest BCUT2D eigenvalue weighted by atomic mass is 16.1. The smallest absolute Gasteiger partial charge is 0.184 e. The van der Waals surface area contributed by atoms with Gasteiger partial charge in [0.25, 0.3) is 0 Å². The lowest BCUT2D eigenvalue weighted by Crippen LogP contribution is -1.95. The zero-order valence-corrected chi connectivity index (χ0v) is 9.31. The first-order chi connectivity index (χ1) is 6.79. The van der Waals surface area contributed by atoms with Gasteiger partial charge in [0.15, 0.2) is 5.78 Å². The van der Waals surface area contributed by atoms with E-state index in [2.05, 4.69) is 26.0 Å². The van der Waals surface area contributed by atoms with Crippen LogP contribution in [-0.2, 0) is 4.79 Å². The molecule has 0 saturated heterocycles. The Balaban J connectivity index is 2.59. The first-order valence-electron chi connectivity index (χ1n) is 5.72. The Bertz CT molecular complexity index is 232. The summed E-state index contributed by atoms with van der Waals surface area (Å²) in [6.07, 6.45) is 10.5. The molecule has 1 saturated carbocycles. The van der Waals surface area contributed by atoms with Crippen molar-refractivity contribution in [2.24, 2.45) is 0 Å². The molecule has 0 bridgehead atoms. The van der Waals surface area contributed by atoms with E-state index in [1.807, 2.05) is 0 Å². The number of ketones is 1. The van der Waals surface area contributed by atoms with Gasteiger partial charge in [-0.25, -0.2) is 0 Å². The van der Waals surface area contributed by atoms with Crippen molar-refractivity contribution in [2.75, 3.05) is 0 Å². The minimum atomic E-state index is 0.312. The minimum Gasteiger partial charge on any atom is -0.289 e. The van der Waals surface area contributed by atoms with Gasteiger partial charge >= 0.3 is 0 Å². The van der Waals surface area contributed by atoms with Crippen LogP contribution in [0.1, 0.15) is 52.4 Å². The maximum absolute atomic E-state index is 11.8. The third-order valence-corrected chi connectivity index (χ3v) is 2.61. The number of carbonyl (C=O) groups excluding carboxylic acids is 1. The molecule has 0 aromatic heterocycles. The van der Waals surface area contributed by atoms with Gasteiger partial charge in [0.1, 0.15) is 0 Å². The van der Waals surface area contributed by atoms with Crippen LogP contribution in [0.2, 0.25) is 0 Å². The lowest BCUT2D eigenvalue weighted by atomic mass is 10.1. The molecular weight excluding hydrogens is 172 g/mol. The summed E-state index contributed by atoms with van der Waals surface area (Å²) >= 11 is 0. The van der Waals surface area contributed by atoms with Gasteiger partial charge in [-0.1, -0.05) is 38.8 Å². The van der Waals surface area contributed by atoms with Gasteiger partial charge in [-0.2, -0.15) is 0 Å². The molecule has 0 atom stereocenters. The van der Waals surface area contributed by atoms with Crippen LogP contribution in [0.3, 0.4) is 0 Å². The fraction of sp³-hybridized carbons (Fsp3) is 0.615. The molecule has 0 aromatic rings. The summed E-state index contributed by atoms with van der Waals surface area (Å²) in [5.74, 6) is 0.312. The lowest BCUT2D eigenvalue weighted by molar-refractivity contribution is -0.111. The highest BCUT2D eigenvalue weighted by molar-refractivity contribution is 6.10. The monoisotopic (exact) mass is 192 g/mol. The summed E-state index contributed by atoms with van der Waals surface area (Å²) in [5, 5.41) is 0. The van der Waals surface area contributed by atoms with E-state index in [4.69, 9.17) is 0 Å². The highest BCUT2D eigenvalue weighted by Gasteiger charge is 2.21. The molecule has 0 N–H and O–H groups in total. The van der Waals surface area contributed by atoms with Crippen LogP contribution >= 0.6 is 0 Å². The van der Waals surface area contributed by atoms with E-state index in [9.17, 15) is 4.79 Å². The third kappa shape index (κ3) is 2.83. The molecule has 0 heterocycles. The van der Waals surface area contributed by atoms with Crippen LogP contribution in [0.15, 0.2) is 23.3 Å². The Kier molecular flexibility index (Phi) is 4.64. The van der Waals surface area contributed by atoms with E-state index in [0.717, 1.165) is 49.7 Å². The zero-order chi connectivity index (χ0) is 10.4. The molecule has 0 spiro atoms. The molecule has 0 aliphatic heterocycles. The van der Waals surface area contributed by atoms with Crippen molar-refractivity contribution in [3.8, 4) is 0 Å². The molecular formula is C13H20O. The number of Topliss-reactive ketones (excluding diaryl/α,β-unsaturated/α-hetero) is 1. The Labute approximate surface area is 86.9 Å². The maximum Gasteiger partial charge on any atom is 0.184 e. The predicted octanol–water partition coefficient (Wildman–Crippen LogP) is 3.80. The molecule has 0 unspecified atom stereocenters. The predicted molar refractivity (Wildman–Crippen MR) is 60.2 cm³/mol. The van der Waals surface area contributed by atoms with Crippen LogP contribution in [0.5, 0.6) is 0 Å². The first-order valence-corrected chi connectivity index (χ1v) is 5.72. The minimum absolute atomic E-state index is 0.312. The van der Waals surface area contributed by atoms with Crippen molar-refractivity contribution < 1.29 is 4.79 Å². The van der Waals surface area contributed by atoms with Crippen molar-refractivity contribution >= 4 is 5.78 Å². The molecule has 0 amide bonds. The number of hydrogen-bond acceptors (Lipinski definition) is 1. The Hall–Kier alpha value is -0.850. The molecule has 1 aliphatic rings. The molecule has 78 valence electrons. The van der Waals surface area contributed by atoms with E-state index in [1.54, 1.807) is 0 Å². The summed E-state index contributed by atoms with van der Waals surface area (Å²) in [4.78, 5) is 11.8. The Morgan fingerprint density at radius 3 is 1.79 bits per heavy atom. The standard InChI is InChI=1S/C13H20O/c1-3-5-7-11-9-10-12(13(11)14)8-6-4-2/h7-8H,3-6,9-10H2,1-2H3. The summed E-state index contributed by atoms with van der Waals surface area (Å²) in [6, 6.07) is 0. The lowest BCUT2D eigenvalue weighted by Gasteiger charge is -1.94. The van der Waals surface area contributed by atoms with Crippen LogP contribution in [-0.4, -0.2) is 5.78 Å². The fourth-order valence-corrected chi connectivity index (χ4v) is 1.73. The van der Waals surface area contributed by atoms with Crippen LogP contribution in [0.4, 0.5) is 0 Å². The highest BCUT2D eigenvalue weighted by Crippen LogP contribution is 2.27. The van der Waals surface area contributed by atoms with E-state index in [-0.39, 0.29) is 0 Å². The molecule has 1 aliphatic carbocycles. The first kappa shape index (κ1) is 11.2. The second-order valence-electron chi connectivity index (χ2n) is 3.87. The van der Waals surface area contributed by atoms with E-state index in [1.165, 1.54) is 0 Å². The van der Waals surface area contributed by atoms with Crippen molar-refractivity contribution in [1.82, 2.24) is 0 Å². The summed E-state index contributed by atoms with van der Waals surface area (Å²) in [7, 11) is 0. The van der Waals surface area contributed by atoms with E-state index < -0.39 is 0 Å². The number of rotatable bonds is 4.